The second-order valence-corrected chi connectivity index (χ2v) is 2.66. The lowest BCUT2D eigenvalue weighted by atomic mass is 10.0. The van der Waals surface area contributed by atoms with Crippen LogP contribution in [0.2, 0.25) is 0 Å². The summed E-state index contributed by atoms with van der Waals surface area (Å²) in [6.07, 6.45) is -3.79. The molecule has 1 aliphatic heterocycles. The molecule has 1 aliphatic rings. The summed E-state index contributed by atoms with van der Waals surface area (Å²) in [5, 5.41) is 27.3. The third kappa shape index (κ3) is 1.69. The number of hydrogen-bond donors (Lipinski definition) is 4. The first-order valence-electron chi connectivity index (χ1n) is 3.52. The van der Waals surface area contributed by atoms with Crippen molar-refractivity contribution in [1.29, 1.82) is 0 Å². The Morgan fingerprint density at radius 1 is 1.27 bits per heavy atom. The Morgan fingerprint density at radius 3 is 2.45 bits per heavy atom. The highest BCUT2D eigenvalue weighted by molar-refractivity contribution is 4.86. The fourth-order valence-corrected chi connectivity index (χ4v) is 1.07. The summed E-state index contributed by atoms with van der Waals surface area (Å²) >= 11 is 0. The molecule has 5 heteroatoms. The molecular weight excluding hydrogens is 150 g/mol. The highest BCUT2D eigenvalue weighted by Gasteiger charge is 2.36. The van der Waals surface area contributed by atoms with E-state index in [9.17, 15) is 5.11 Å². The van der Waals surface area contributed by atoms with Crippen molar-refractivity contribution in [2.45, 2.75) is 24.4 Å². The van der Waals surface area contributed by atoms with Crippen molar-refractivity contribution < 1.29 is 20.1 Å². The van der Waals surface area contributed by atoms with Gasteiger partial charge in [-0.15, -0.1) is 0 Å². The van der Waals surface area contributed by atoms with Crippen molar-refractivity contribution in [3.63, 3.8) is 0 Å². The molecule has 0 aromatic heterocycles. The number of aliphatic hydroxyl groups is 3. The van der Waals surface area contributed by atoms with Crippen molar-refractivity contribution in [1.82, 2.24) is 0 Å². The molecule has 0 spiro atoms. The number of rotatable bonds is 1. The standard InChI is InChI=1S/C6H13NO4/c7-1-4-6(10)5(9)3(8)2-11-4/h3-6,8-10H,1-2,7H2. The van der Waals surface area contributed by atoms with Gasteiger partial charge in [-0.1, -0.05) is 0 Å². The smallest absolute Gasteiger partial charge is 0.111 e. The molecule has 1 rings (SSSR count). The van der Waals surface area contributed by atoms with Gasteiger partial charge >= 0.3 is 0 Å². The van der Waals surface area contributed by atoms with Crippen molar-refractivity contribution in [2.75, 3.05) is 13.2 Å². The normalized spacial score (nSPS) is 45.8. The molecular formula is C6H13NO4. The minimum atomic E-state index is -1.14. The zero-order valence-corrected chi connectivity index (χ0v) is 6.05. The third-order valence-corrected chi connectivity index (χ3v) is 1.84. The van der Waals surface area contributed by atoms with Gasteiger partial charge in [0.1, 0.15) is 18.3 Å². The van der Waals surface area contributed by atoms with E-state index in [0.717, 1.165) is 0 Å². The maximum absolute atomic E-state index is 9.19. The fraction of sp³-hybridized carbons (Fsp3) is 1.00. The molecule has 1 heterocycles. The molecule has 0 aromatic rings. The molecule has 5 N–H and O–H groups in total. The summed E-state index contributed by atoms with van der Waals surface area (Å²) in [4.78, 5) is 0. The zero-order chi connectivity index (χ0) is 8.43. The van der Waals surface area contributed by atoms with Crippen LogP contribution in [0.15, 0.2) is 0 Å². The molecule has 66 valence electrons. The highest BCUT2D eigenvalue weighted by atomic mass is 16.5. The van der Waals surface area contributed by atoms with Crippen LogP contribution in [0.25, 0.3) is 0 Å². The molecule has 5 nitrogen and oxygen atoms in total. The van der Waals surface area contributed by atoms with E-state index in [2.05, 4.69) is 0 Å². The van der Waals surface area contributed by atoms with Gasteiger partial charge in [-0.3, -0.25) is 0 Å². The molecule has 1 saturated heterocycles. The lowest BCUT2D eigenvalue weighted by Crippen LogP contribution is -2.55. The summed E-state index contributed by atoms with van der Waals surface area (Å²) in [7, 11) is 0. The Labute approximate surface area is 64.4 Å². The minimum absolute atomic E-state index is 0.0279. The van der Waals surface area contributed by atoms with Gasteiger partial charge in [0.05, 0.1) is 12.7 Å². The Morgan fingerprint density at radius 2 is 1.91 bits per heavy atom. The van der Waals surface area contributed by atoms with Crippen LogP contribution in [-0.2, 0) is 4.74 Å². The van der Waals surface area contributed by atoms with E-state index in [-0.39, 0.29) is 13.2 Å². The molecule has 0 bridgehead atoms. The van der Waals surface area contributed by atoms with Gasteiger partial charge in [0, 0.05) is 6.54 Å². The average Bonchev–Trinajstić information content (AvgIpc) is 2.01. The second kappa shape index (κ2) is 3.46. The molecule has 0 aliphatic carbocycles. The number of ether oxygens (including phenoxy) is 1. The number of nitrogens with two attached hydrogens (primary N) is 1. The quantitative estimate of drug-likeness (QED) is 0.340. The highest BCUT2D eigenvalue weighted by Crippen LogP contribution is 2.14. The van der Waals surface area contributed by atoms with E-state index in [4.69, 9.17) is 20.7 Å². The van der Waals surface area contributed by atoms with Gasteiger partial charge in [-0.25, -0.2) is 0 Å². The Hall–Kier alpha value is -0.200. The Balaban J connectivity index is 2.52. The first-order chi connectivity index (χ1) is 5.16. The van der Waals surface area contributed by atoms with Gasteiger partial charge in [-0.05, 0) is 0 Å². The predicted molar refractivity (Wildman–Crippen MR) is 36.8 cm³/mol. The van der Waals surface area contributed by atoms with Crippen LogP contribution in [0, 0.1) is 0 Å². The maximum Gasteiger partial charge on any atom is 0.111 e. The van der Waals surface area contributed by atoms with E-state index in [0.29, 0.717) is 0 Å². The van der Waals surface area contributed by atoms with Crippen LogP contribution in [0.4, 0.5) is 0 Å². The van der Waals surface area contributed by atoms with E-state index >= 15 is 0 Å². The van der Waals surface area contributed by atoms with Crippen LogP contribution in [-0.4, -0.2) is 52.9 Å². The van der Waals surface area contributed by atoms with Crippen LogP contribution in [0.3, 0.4) is 0 Å². The molecule has 1 fully saturated rings. The maximum atomic E-state index is 9.19. The van der Waals surface area contributed by atoms with Crippen LogP contribution in [0.1, 0.15) is 0 Å². The van der Waals surface area contributed by atoms with Crippen molar-refractivity contribution in [3.05, 3.63) is 0 Å². The summed E-state index contributed by atoms with van der Waals surface area (Å²) in [5.74, 6) is 0. The largest absolute Gasteiger partial charge is 0.388 e. The fourth-order valence-electron chi connectivity index (χ4n) is 1.07. The van der Waals surface area contributed by atoms with Crippen molar-refractivity contribution in [3.8, 4) is 0 Å². The Bertz CT molecular complexity index is 130. The predicted octanol–water partition coefficient (Wildman–Crippen LogP) is -2.57. The first-order valence-corrected chi connectivity index (χ1v) is 3.52. The monoisotopic (exact) mass is 163 g/mol. The van der Waals surface area contributed by atoms with Crippen LogP contribution < -0.4 is 5.73 Å². The summed E-state index contributed by atoms with van der Waals surface area (Å²) in [6.45, 7) is 0.172. The minimum Gasteiger partial charge on any atom is -0.388 e. The molecule has 0 radical (unpaired) electrons. The number of hydrogen-bond acceptors (Lipinski definition) is 5. The van der Waals surface area contributed by atoms with Gasteiger partial charge in [-0.2, -0.15) is 0 Å². The van der Waals surface area contributed by atoms with Crippen LogP contribution >= 0.6 is 0 Å². The molecule has 0 aromatic carbocycles. The Kier molecular flexibility index (Phi) is 2.80. The molecule has 0 saturated carbocycles. The van der Waals surface area contributed by atoms with Gasteiger partial charge in [0.25, 0.3) is 0 Å². The van der Waals surface area contributed by atoms with E-state index in [1.54, 1.807) is 0 Å². The summed E-state index contributed by atoms with van der Waals surface area (Å²) in [6, 6.07) is 0. The van der Waals surface area contributed by atoms with Gasteiger partial charge in [0.2, 0.25) is 0 Å². The van der Waals surface area contributed by atoms with E-state index in [1.807, 2.05) is 0 Å². The summed E-state index contributed by atoms with van der Waals surface area (Å²) < 4.78 is 4.94. The molecule has 0 amide bonds. The zero-order valence-electron chi connectivity index (χ0n) is 6.05. The lowest BCUT2D eigenvalue weighted by Gasteiger charge is -2.34. The summed E-state index contributed by atoms with van der Waals surface area (Å²) in [5.41, 5.74) is 5.22. The van der Waals surface area contributed by atoms with Crippen molar-refractivity contribution >= 4 is 0 Å². The third-order valence-electron chi connectivity index (χ3n) is 1.84. The first kappa shape index (κ1) is 8.89. The van der Waals surface area contributed by atoms with Crippen LogP contribution in [0.5, 0.6) is 0 Å². The van der Waals surface area contributed by atoms with E-state index < -0.39 is 24.4 Å². The second-order valence-electron chi connectivity index (χ2n) is 2.66. The number of aliphatic hydroxyl groups excluding tert-OH is 3. The lowest BCUT2D eigenvalue weighted by molar-refractivity contribution is -0.183. The van der Waals surface area contributed by atoms with E-state index in [1.165, 1.54) is 0 Å². The van der Waals surface area contributed by atoms with Gasteiger partial charge in [0.15, 0.2) is 0 Å². The van der Waals surface area contributed by atoms with Gasteiger partial charge < -0.3 is 25.8 Å². The molecule has 4 unspecified atom stereocenters. The SMILES string of the molecule is NCC1OCC(O)C(O)C1O. The molecule has 11 heavy (non-hydrogen) atoms. The van der Waals surface area contributed by atoms with Crippen molar-refractivity contribution in [2.24, 2.45) is 5.73 Å². The average molecular weight is 163 g/mol. The topological polar surface area (TPSA) is 95.9 Å². The molecule has 4 atom stereocenters.